The third kappa shape index (κ3) is 2.69. The lowest BCUT2D eigenvalue weighted by molar-refractivity contribution is -0.131. The van der Waals surface area contributed by atoms with Crippen LogP contribution in [0.2, 0.25) is 0 Å². The van der Waals surface area contributed by atoms with Gasteiger partial charge < -0.3 is 9.64 Å². The van der Waals surface area contributed by atoms with Crippen molar-refractivity contribution in [3.05, 3.63) is 0 Å². The molecule has 4 nitrogen and oxygen atoms in total. The van der Waals surface area contributed by atoms with Gasteiger partial charge in [-0.3, -0.25) is 4.79 Å². The highest BCUT2D eigenvalue weighted by Gasteiger charge is 2.35. The molecule has 0 aromatic carbocycles. The topological polar surface area (TPSA) is 53.3 Å². The van der Waals surface area contributed by atoms with Crippen LogP contribution in [0.25, 0.3) is 0 Å². The van der Waals surface area contributed by atoms with Crippen LogP contribution in [0.4, 0.5) is 0 Å². The fraction of sp³-hybridized carbons (Fsp3) is 0.818. The summed E-state index contributed by atoms with van der Waals surface area (Å²) >= 11 is 0. The Morgan fingerprint density at radius 3 is 2.73 bits per heavy atom. The van der Waals surface area contributed by atoms with Gasteiger partial charge in [0, 0.05) is 20.1 Å². The van der Waals surface area contributed by atoms with Gasteiger partial charge in [-0.15, -0.1) is 0 Å². The van der Waals surface area contributed by atoms with Gasteiger partial charge in [0.25, 0.3) is 0 Å². The first-order valence-corrected chi connectivity index (χ1v) is 5.28. The number of amides is 1. The second-order valence-electron chi connectivity index (χ2n) is 4.34. The van der Waals surface area contributed by atoms with Gasteiger partial charge in [0.15, 0.2) is 0 Å². The monoisotopic (exact) mass is 210 g/mol. The normalized spacial score (nSPS) is 23.3. The Labute approximate surface area is 90.8 Å². The molecule has 2 unspecified atom stereocenters. The number of nitriles is 1. The van der Waals surface area contributed by atoms with Crippen LogP contribution < -0.4 is 0 Å². The number of ether oxygens (including phenoxy) is 1. The van der Waals surface area contributed by atoms with Crippen molar-refractivity contribution < 1.29 is 9.53 Å². The van der Waals surface area contributed by atoms with Crippen molar-refractivity contribution in [3.63, 3.8) is 0 Å². The van der Waals surface area contributed by atoms with Crippen molar-refractivity contribution in [2.45, 2.75) is 26.3 Å². The van der Waals surface area contributed by atoms with E-state index in [0.29, 0.717) is 25.5 Å². The Bertz CT molecular complexity index is 270. The van der Waals surface area contributed by atoms with Gasteiger partial charge >= 0.3 is 0 Å². The largest absolute Gasteiger partial charge is 0.383 e. The van der Waals surface area contributed by atoms with E-state index in [1.54, 1.807) is 12.0 Å². The third-order valence-corrected chi connectivity index (χ3v) is 2.85. The molecule has 84 valence electrons. The number of rotatable bonds is 4. The molecule has 1 saturated heterocycles. The molecule has 1 heterocycles. The van der Waals surface area contributed by atoms with Crippen LogP contribution in [0, 0.1) is 23.2 Å². The summed E-state index contributed by atoms with van der Waals surface area (Å²) in [5.74, 6) is 0.291. The molecule has 1 fully saturated rings. The van der Waals surface area contributed by atoms with E-state index in [1.807, 2.05) is 0 Å². The maximum atomic E-state index is 11.7. The van der Waals surface area contributed by atoms with Crippen LogP contribution in [0.5, 0.6) is 0 Å². The molecule has 1 amide bonds. The quantitative estimate of drug-likeness (QED) is 0.696. The highest BCUT2D eigenvalue weighted by atomic mass is 16.5. The van der Waals surface area contributed by atoms with Crippen molar-refractivity contribution in [2.24, 2.45) is 11.8 Å². The van der Waals surface area contributed by atoms with Crippen LogP contribution in [-0.2, 0) is 9.53 Å². The van der Waals surface area contributed by atoms with Gasteiger partial charge in [0.1, 0.15) is 0 Å². The molecular formula is C11H18N2O2. The standard InChI is InChI=1S/C11H18N2O2/c1-8(2)10(7-15-3)13-6-9(5-12)4-11(13)14/h8-10H,4,6-7H2,1-3H3. The Morgan fingerprint density at radius 2 is 2.33 bits per heavy atom. The fourth-order valence-corrected chi connectivity index (χ4v) is 1.95. The average molecular weight is 210 g/mol. The molecule has 0 aromatic rings. The van der Waals surface area contributed by atoms with Gasteiger partial charge in [-0.25, -0.2) is 0 Å². The smallest absolute Gasteiger partial charge is 0.224 e. The van der Waals surface area contributed by atoms with Gasteiger partial charge in [-0.2, -0.15) is 5.26 Å². The maximum absolute atomic E-state index is 11.7. The van der Waals surface area contributed by atoms with E-state index < -0.39 is 0 Å². The first-order valence-electron chi connectivity index (χ1n) is 5.28. The summed E-state index contributed by atoms with van der Waals surface area (Å²) in [5.41, 5.74) is 0. The maximum Gasteiger partial charge on any atom is 0.224 e. The van der Waals surface area contributed by atoms with E-state index in [-0.39, 0.29) is 17.9 Å². The van der Waals surface area contributed by atoms with E-state index in [2.05, 4.69) is 19.9 Å². The molecule has 0 saturated carbocycles. The summed E-state index contributed by atoms with van der Waals surface area (Å²) in [4.78, 5) is 13.5. The second kappa shape index (κ2) is 5.13. The SMILES string of the molecule is COCC(C(C)C)N1CC(C#N)CC1=O. The summed E-state index contributed by atoms with van der Waals surface area (Å²) in [6, 6.07) is 2.25. The molecule has 0 bridgehead atoms. The Hall–Kier alpha value is -1.08. The first-order chi connectivity index (χ1) is 7.10. The number of methoxy groups -OCH3 is 1. The lowest BCUT2D eigenvalue weighted by Gasteiger charge is -2.30. The summed E-state index contributed by atoms with van der Waals surface area (Å²) in [6.45, 7) is 5.23. The minimum atomic E-state index is -0.143. The lowest BCUT2D eigenvalue weighted by atomic mass is 10.0. The number of carbonyl (C=O) groups excluding carboxylic acids is 1. The number of carbonyl (C=O) groups is 1. The summed E-state index contributed by atoms with van der Waals surface area (Å²) in [7, 11) is 1.64. The van der Waals surface area contributed by atoms with E-state index in [1.165, 1.54) is 0 Å². The van der Waals surface area contributed by atoms with Crippen LogP contribution >= 0.6 is 0 Å². The van der Waals surface area contributed by atoms with Gasteiger partial charge in [0.2, 0.25) is 5.91 Å². The fourth-order valence-electron chi connectivity index (χ4n) is 1.95. The zero-order valence-corrected chi connectivity index (χ0v) is 9.56. The van der Waals surface area contributed by atoms with Crippen LogP contribution in [0.3, 0.4) is 0 Å². The first kappa shape index (κ1) is 12.0. The van der Waals surface area contributed by atoms with Crippen LogP contribution in [0.15, 0.2) is 0 Å². The molecule has 1 aliphatic rings. The lowest BCUT2D eigenvalue weighted by Crippen LogP contribution is -2.43. The Balaban J connectivity index is 2.69. The second-order valence-corrected chi connectivity index (χ2v) is 4.34. The van der Waals surface area contributed by atoms with Gasteiger partial charge in [0.05, 0.1) is 24.6 Å². The molecule has 0 aliphatic carbocycles. The zero-order chi connectivity index (χ0) is 11.4. The average Bonchev–Trinajstić information content (AvgIpc) is 2.55. The number of nitrogens with zero attached hydrogens (tertiary/aromatic N) is 2. The molecule has 4 heteroatoms. The van der Waals surface area contributed by atoms with E-state index in [9.17, 15) is 4.79 Å². The molecule has 0 N–H and O–H groups in total. The predicted octanol–water partition coefficient (Wildman–Crippen LogP) is 1.03. The molecule has 0 radical (unpaired) electrons. The van der Waals surface area contributed by atoms with E-state index in [0.717, 1.165) is 0 Å². The van der Waals surface area contributed by atoms with Crippen molar-refractivity contribution in [3.8, 4) is 6.07 Å². The highest BCUT2D eigenvalue weighted by Crippen LogP contribution is 2.23. The zero-order valence-electron chi connectivity index (χ0n) is 9.56. The third-order valence-electron chi connectivity index (χ3n) is 2.85. The molecule has 0 aromatic heterocycles. The van der Waals surface area contributed by atoms with E-state index in [4.69, 9.17) is 10.00 Å². The molecule has 2 atom stereocenters. The van der Waals surface area contributed by atoms with Gasteiger partial charge in [-0.1, -0.05) is 13.8 Å². The van der Waals surface area contributed by atoms with Crippen molar-refractivity contribution in [2.75, 3.05) is 20.3 Å². The van der Waals surface area contributed by atoms with Gasteiger partial charge in [-0.05, 0) is 5.92 Å². The number of hydrogen-bond acceptors (Lipinski definition) is 3. The minimum absolute atomic E-state index is 0.0808. The molecular weight excluding hydrogens is 192 g/mol. The van der Waals surface area contributed by atoms with Crippen LogP contribution in [-0.4, -0.2) is 37.1 Å². The Morgan fingerprint density at radius 1 is 1.67 bits per heavy atom. The number of hydrogen-bond donors (Lipinski definition) is 0. The van der Waals surface area contributed by atoms with Crippen LogP contribution in [0.1, 0.15) is 20.3 Å². The van der Waals surface area contributed by atoms with Crippen molar-refractivity contribution >= 4 is 5.91 Å². The Kier molecular flexibility index (Phi) is 4.10. The molecule has 1 aliphatic heterocycles. The summed E-state index contributed by atoms with van der Waals surface area (Å²) < 4.78 is 5.12. The van der Waals surface area contributed by atoms with Crippen molar-refractivity contribution in [1.82, 2.24) is 4.90 Å². The molecule has 15 heavy (non-hydrogen) atoms. The van der Waals surface area contributed by atoms with Crippen molar-refractivity contribution in [1.29, 1.82) is 5.26 Å². The molecule has 0 spiro atoms. The predicted molar refractivity (Wildman–Crippen MR) is 55.9 cm³/mol. The summed E-state index contributed by atoms with van der Waals surface area (Å²) in [6.07, 6.45) is 0.365. The highest BCUT2D eigenvalue weighted by molar-refractivity contribution is 5.79. The number of likely N-dealkylation sites (tertiary alicyclic amines) is 1. The summed E-state index contributed by atoms with van der Waals surface area (Å²) in [5, 5.41) is 8.79. The van der Waals surface area contributed by atoms with E-state index >= 15 is 0 Å². The molecule has 1 rings (SSSR count). The minimum Gasteiger partial charge on any atom is -0.383 e.